The van der Waals surface area contributed by atoms with Crippen molar-refractivity contribution < 1.29 is 4.74 Å². The molecule has 1 aliphatic heterocycles. The third kappa shape index (κ3) is 4.39. The molecule has 2 aromatic heterocycles. The fraction of sp³-hybridized carbons (Fsp3) is 0.333. The first kappa shape index (κ1) is 23.4. The molecule has 7 nitrogen and oxygen atoms in total. The van der Waals surface area contributed by atoms with E-state index in [4.69, 9.17) is 4.74 Å². The number of hydrogen-bond donors (Lipinski definition) is 0. The zero-order chi connectivity index (χ0) is 24.5. The van der Waals surface area contributed by atoms with Gasteiger partial charge in [-0.05, 0) is 24.6 Å². The number of aryl methyl sites for hydroxylation is 2. The molecular formula is C27H30N4O3S. The maximum absolute atomic E-state index is 13.5. The molecule has 8 heteroatoms. The van der Waals surface area contributed by atoms with Gasteiger partial charge >= 0.3 is 5.69 Å². The van der Waals surface area contributed by atoms with Crippen LogP contribution in [0.3, 0.4) is 0 Å². The van der Waals surface area contributed by atoms with Crippen LogP contribution >= 0.6 is 11.3 Å². The van der Waals surface area contributed by atoms with Crippen molar-refractivity contribution in [3.8, 4) is 16.9 Å². The molecule has 4 aromatic rings. The molecule has 0 unspecified atom stereocenters. The minimum absolute atomic E-state index is 0.200. The Hall–Kier alpha value is -3.36. The minimum atomic E-state index is -0.257. The summed E-state index contributed by atoms with van der Waals surface area (Å²) in [4.78, 5) is 32.0. The standard InChI is InChI=1S/C27H30N4O3S/c1-19-7-6-8-20(17-19)21-18-35-26-24(21)25(32)31(27(33)28(26)2)16-13-29-11-14-30(15-12-29)22-9-4-5-10-23(22)34-3/h4-10,17-18H,11-16H2,1-3H3. The van der Waals surface area contributed by atoms with E-state index in [2.05, 4.69) is 21.9 Å². The summed E-state index contributed by atoms with van der Waals surface area (Å²) in [5.41, 5.74) is 3.69. The number of aromatic nitrogens is 2. The van der Waals surface area contributed by atoms with Crippen LogP contribution in [-0.2, 0) is 13.6 Å². The first-order valence-electron chi connectivity index (χ1n) is 11.9. The average molecular weight is 491 g/mol. The summed E-state index contributed by atoms with van der Waals surface area (Å²) in [5, 5.41) is 2.62. The summed E-state index contributed by atoms with van der Waals surface area (Å²) < 4.78 is 8.53. The Morgan fingerprint density at radius 2 is 1.74 bits per heavy atom. The monoisotopic (exact) mass is 490 g/mol. The molecular weight excluding hydrogens is 460 g/mol. The molecule has 35 heavy (non-hydrogen) atoms. The molecule has 182 valence electrons. The highest BCUT2D eigenvalue weighted by molar-refractivity contribution is 7.17. The fourth-order valence-electron chi connectivity index (χ4n) is 4.86. The Labute approximate surface area is 208 Å². The lowest BCUT2D eigenvalue weighted by atomic mass is 10.0. The van der Waals surface area contributed by atoms with Crippen LogP contribution in [0.5, 0.6) is 5.75 Å². The van der Waals surface area contributed by atoms with Crippen LogP contribution < -0.4 is 20.9 Å². The van der Waals surface area contributed by atoms with Gasteiger partial charge < -0.3 is 9.64 Å². The quantitative estimate of drug-likeness (QED) is 0.414. The molecule has 0 radical (unpaired) electrons. The van der Waals surface area contributed by atoms with E-state index < -0.39 is 0 Å². The molecule has 1 saturated heterocycles. The Morgan fingerprint density at radius 3 is 2.49 bits per heavy atom. The van der Waals surface area contributed by atoms with Gasteiger partial charge in [-0.1, -0.05) is 42.0 Å². The number of benzene rings is 2. The van der Waals surface area contributed by atoms with E-state index in [0.29, 0.717) is 18.5 Å². The van der Waals surface area contributed by atoms with Crippen LogP contribution in [-0.4, -0.2) is 53.9 Å². The van der Waals surface area contributed by atoms with E-state index in [1.165, 1.54) is 15.9 Å². The molecule has 3 heterocycles. The lowest BCUT2D eigenvalue weighted by Crippen LogP contribution is -2.49. The lowest BCUT2D eigenvalue weighted by Gasteiger charge is -2.36. The second kappa shape index (κ2) is 9.71. The molecule has 1 fully saturated rings. The van der Waals surface area contributed by atoms with Crippen LogP contribution in [0.25, 0.3) is 21.3 Å². The van der Waals surface area contributed by atoms with Gasteiger partial charge in [0.05, 0.1) is 18.2 Å². The van der Waals surface area contributed by atoms with E-state index in [1.54, 1.807) is 18.7 Å². The Bertz CT molecular complexity index is 1480. The Morgan fingerprint density at radius 1 is 0.971 bits per heavy atom. The summed E-state index contributed by atoms with van der Waals surface area (Å²) >= 11 is 1.45. The molecule has 5 rings (SSSR count). The summed E-state index contributed by atoms with van der Waals surface area (Å²) in [6.07, 6.45) is 0. The number of fused-ring (bicyclic) bond motifs is 1. The van der Waals surface area contributed by atoms with Crippen LogP contribution in [0.2, 0.25) is 0 Å². The molecule has 1 aliphatic rings. The lowest BCUT2D eigenvalue weighted by molar-refractivity contribution is 0.245. The number of rotatable bonds is 6. The van der Waals surface area contributed by atoms with Crippen LogP contribution in [0.15, 0.2) is 63.5 Å². The molecule has 0 saturated carbocycles. The Kier molecular flexibility index (Phi) is 6.49. The van der Waals surface area contributed by atoms with Gasteiger partial charge in [-0.3, -0.25) is 18.8 Å². The number of ether oxygens (including phenoxy) is 1. The van der Waals surface area contributed by atoms with Gasteiger partial charge in [0, 0.05) is 57.3 Å². The topological polar surface area (TPSA) is 59.7 Å². The zero-order valence-electron chi connectivity index (χ0n) is 20.4. The van der Waals surface area contributed by atoms with Crippen LogP contribution in [0, 0.1) is 6.92 Å². The largest absolute Gasteiger partial charge is 0.495 e. The van der Waals surface area contributed by atoms with Gasteiger partial charge in [-0.2, -0.15) is 0 Å². The maximum atomic E-state index is 13.5. The zero-order valence-corrected chi connectivity index (χ0v) is 21.2. The van der Waals surface area contributed by atoms with Gasteiger partial charge in [0.15, 0.2) is 0 Å². The number of thiophene rings is 1. The SMILES string of the molecule is COc1ccccc1N1CCN(CCn2c(=O)c3c(-c4cccc(C)c4)csc3n(C)c2=O)CC1. The Balaban J connectivity index is 1.36. The van der Waals surface area contributed by atoms with Gasteiger partial charge in [-0.25, -0.2) is 4.79 Å². The molecule has 0 bridgehead atoms. The number of anilines is 1. The normalized spacial score (nSPS) is 14.5. The van der Waals surface area contributed by atoms with E-state index in [-0.39, 0.29) is 11.2 Å². The number of hydrogen-bond acceptors (Lipinski definition) is 6. The predicted molar refractivity (Wildman–Crippen MR) is 143 cm³/mol. The van der Waals surface area contributed by atoms with Gasteiger partial charge in [0.1, 0.15) is 10.6 Å². The highest BCUT2D eigenvalue weighted by atomic mass is 32.1. The number of piperazine rings is 1. The van der Waals surface area contributed by atoms with E-state index in [0.717, 1.165) is 59.1 Å². The molecule has 0 amide bonds. The van der Waals surface area contributed by atoms with E-state index in [9.17, 15) is 9.59 Å². The third-order valence-electron chi connectivity index (χ3n) is 6.82. The highest BCUT2D eigenvalue weighted by Crippen LogP contribution is 2.31. The van der Waals surface area contributed by atoms with Crippen molar-refractivity contribution in [3.05, 3.63) is 80.3 Å². The average Bonchev–Trinajstić information content (AvgIpc) is 3.33. The van der Waals surface area contributed by atoms with Crippen molar-refractivity contribution in [2.24, 2.45) is 7.05 Å². The summed E-state index contributed by atoms with van der Waals surface area (Å²) in [5.74, 6) is 0.879. The second-order valence-corrected chi connectivity index (χ2v) is 9.86. The molecule has 0 spiro atoms. The van der Waals surface area contributed by atoms with Crippen LogP contribution in [0.4, 0.5) is 5.69 Å². The molecule has 0 N–H and O–H groups in total. The highest BCUT2D eigenvalue weighted by Gasteiger charge is 2.21. The van der Waals surface area contributed by atoms with Crippen molar-refractivity contribution in [2.45, 2.75) is 13.5 Å². The smallest absolute Gasteiger partial charge is 0.331 e. The molecule has 2 aromatic carbocycles. The van der Waals surface area contributed by atoms with Crippen molar-refractivity contribution in [1.29, 1.82) is 0 Å². The number of nitrogens with zero attached hydrogens (tertiary/aromatic N) is 4. The van der Waals surface area contributed by atoms with Gasteiger partial charge in [-0.15, -0.1) is 11.3 Å². The van der Waals surface area contributed by atoms with Crippen molar-refractivity contribution >= 4 is 27.2 Å². The molecule has 0 aliphatic carbocycles. The van der Waals surface area contributed by atoms with Gasteiger partial charge in [0.25, 0.3) is 5.56 Å². The number of para-hydroxylation sites is 2. The predicted octanol–water partition coefficient (Wildman–Crippen LogP) is 3.57. The van der Waals surface area contributed by atoms with Gasteiger partial charge in [0.2, 0.25) is 0 Å². The summed E-state index contributed by atoms with van der Waals surface area (Å²) in [6.45, 7) is 6.54. The maximum Gasteiger partial charge on any atom is 0.331 e. The van der Waals surface area contributed by atoms with E-state index >= 15 is 0 Å². The van der Waals surface area contributed by atoms with Crippen LogP contribution in [0.1, 0.15) is 5.56 Å². The first-order chi connectivity index (χ1) is 17.0. The minimum Gasteiger partial charge on any atom is -0.495 e. The third-order valence-corrected chi connectivity index (χ3v) is 7.87. The first-order valence-corrected chi connectivity index (χ1v) is 12.7. The fourth-order valence-corrected chi connectivity index (χ4v) is 5.89. The number of methoxy groups -OCH3 is 1. The molecule has 0 atom stereocenters. The summed E-state index contributed by atoms with van der Waals surface area (Å²) in [6, 6.07) is 16.2. The summed E-state index contributed by atoms with van der Waals surface area (Å²) in [7, 11) is 3.45. The van der Waals surface area contributed by atoms with E-state index in [1.807, 2.05) is 48.7 Å². The van der Waals surface area contributed by atoms with Crippen molar-refractivity contribution in [3.63, 3.8) is 0 Å². The second-order valence-electron chi connectivity index (χ2n) is 9.00. The van der Waals surface area contributed by atoms with Crippen molar-refractivity contribution in [1.82, 2.24) is 14.0 Å². The van der Waals surface area contributed by atoms with Crippen molar-refractivity contribution in [2.75, 3.05) is 44.7 Å².